The molecule has 1 saturated heterocycles. The Hall–Kier alpha value is -1.40. The van der Waals surface area contributed by atoms with Crippen LogP contribution in [-0.4, -0.2) is 49.9 Å². The molecule has 1 atom stereocenters. The molecule has 0 spiro atoms. The summed E-state index contributed by atoms with van der Waals surface area (Å²) in [6.07, 6.45) is 2.29. The normalized spacial score (nSPS) is 18.0. The molecular formula is C15H23N3O2S. The van der Waals surface area contributed by atoms with Crippen LogP contribution in [0.4, 0.5) is 0 Å². The van der Waals surface area contributed by atoms with E-state index in [-0.39, 0.29) is 11.8 Å². The Balaban J connectivity index is 1.60. The highest BCUT2D eigenvalue weighted by molar-refractivity contribution is 7.08. The molecule has 0 bridgehead atoms. The van der Waals surface area contributed by atoms with Gasteiger partial charge >= 0.3 is 0 Å². The van der Waals surface area contributed by atoms with E-state index >= 15 is 0 Å². The van der Waals surface area contributed by atoms with Crippen LogP contribution in [0.3, 0.4) is 0 Å². The molecular weight excluding hydrogens is 286 g/mol. The molecule has 0 aromatic carbocycles. The Kier molecular flexibility index (Phi) is 6.20. The van der Waals surface area contributed by atoms with E-state index in [1.54, 1.807) is 6.07 Å². The number of likely N-dealkylation sites (tertiary alicyclic amines) is 1. The molecule has 1 aromatic rings. The number of hydrogen-bond acceptors (Lipinski definition) is 4. The number of hydrogen-bond donors (Lipinski definition) is 2. The molecule has 21 heavy (non-hydrogen) atoms. The highest BCUT2D eigenvalue weighted by Gasteiger charge is 2.25. The Morgan fingerprint density at radius 1 is 1.48 bits per heavy atom. The Bertz CT molecular complexity index is 461. The molecule has 1 aliphatic rings. The molecule has 0 radical (unpaired) electrons. The molecule has 2 N–H and O–H groups in total. The minimum atomic E-state index is -0.0565. The zero-order chi connectivity index (χ0) is 15.1. The maximum Gasteiger partial charge on any atom is 0.252 e. The van der Waals surface area contributed by atoms with Crippen molar-refractivity contribution in [3.63, 3.8) is 0 Å². The van der Waals surface area contributed by atoms with E-state index in [0.29, 0.717) is 30.9 Å². The Morgan fingerprint density at radius 3 is 3.05 bits per heavy atom. The molecule has 1 aromatic heterocycles. The summed E-state index contributed by atoms with van der Waals surface area (Å²) >= 11 is 1.51. The number of thiophene rings is 1. The lowest BCUT2D eigenvalue weighted by Gasteiger charge is -2.16. The van der Waals surface area contributed by atoms with Crippen molar-refractivity contribution in [3.8, 4) is 0 Å². The number of carbonyl (C=O) groups excluding carboxylic acids is 2. The van der Waals surface area contributed by atoms with Crippen LogP contribution in [0.15, 0.2) is 16.8 Å². The number of nitrogens with zero attached hydrogens (tertiary/aromatic N) is 1. The first-order valence-corrected chi connectivity index (χ1v) is 8.37. The summed E-state index contributed by atoms with van der Waals surface area (Å²) in [6, 6.07) is 1.80. The monoisotopic (exact) mass is 309 g/mol. The SMILES string of the molecule is CNCC1CCN(C(=O)CCCNC(=O)c2ccsc2)C1. The summed E-state index contributed by atoms with van der Waals surface area (Å²) < 4.78 is 0. The van der Waals surface area contributed by atoms with Gasteiger partial charge < -0.3 is 15.5 Å². The van der Waals surface area contributed by atoms with Crippen LogP contribution in [0, 0.1) is 5.92 Å². The first kappa shape index (κ1) is 16.0. The van der Waals surface area contributed by atoms with Gasteiger partial charge in [-0.2, -0.15) is 11.3 Å². The Labute approximate surface area is 129 Å². The van der Waals surface area contributed by atoms with Crippen molar-refractivity contribution in [2.24, 2.45) is 5.92 Å². The molecule has 6 heteroatoms. The van der Waals surface area contributed by atoms with Crippen LogP contribution in [0.25, 0.3) is 0 Å². The lowest BCUT2D eigenvalue weighted by molar-refractivity contribution is -0.130. The second kappa shape index (κ2) is 8.14. The van der Waals surface area contributed by atoms with E-state index in [4.69, 9.17) is 0 Å². The van der Waals surface area contributed by atoms with Crippen LogP contribution >= 0.6 is 11.3 Å². The second-order valence-electron chi connectivity index (χ2n) is 5.42. The van der Waals surface area contributed by atoms with Gasteiger partial charge in [0.05, 0.1) is 0 Å². The van der Waals surface area contributed by atoms with Gasteiger partial charge in [0, 0.05) is 37.0 Å². The molecule has 2 heterocycles. The fraction of sp³-hybridized carbons (Fsp3) is 0.600. The number of amides is 2. The van der Waals surface area contributed by atoms with Crippen molar-refractivity contribution < 1.29 is 9.59 Å². The van der Waals surface area contributed by atoms with Gasteiger partial charge in [0.1, 0.15) is 0 Å². The smallest absolute Gasteiger partial charge is 0.252 e. The molecule has 0 saturated carbocycles. The predicted octanol–water partition coefficient (Wildman–Crippen LogP) is 1.33. The molecule has 1 aliphatic heterocycles. The average molecular weight is 309 g/mol. The van der Waals surface area contributed by atoms with E-state index in [1.165, 1.54) is 11.3 Å². The molecule has 2 rings (SSSR count). The topological polar surface area (TPSA) is 61.4 Å². The minimum Gasteiger partial charge on any atom is -0.352 e. The third kappa shape index (κ3) is 4.82. The van der Waals surface area contributed by atoms with Gasteiger partial charge in [0.2, 0.25) is 5.91 Å². The third-order valence-electron chi connectivity index (χ3n) is 3.77. The standard InChI is InChI=1S/C15H23N3O2S/c1-16-9-12-4-7-18(10-12)14(19)3-2-6-17-15(20)13-5-8-21-11-13/h5,8,11-12,16H,2-4,6-7,9-10H2,1H3,(H,17,20). The molecule has 5 nitrogen and oxygen atoms in total. The molecule has 2 amide bonds. The summed E-state index contributed by atoms with van der Waals surface area (Å²) in [5.41, 5.74) is 0.695. The summed E-state index contributed by atoms with van der Waals surface area (Å²) in [7, 11) is 1.95. The Morgan fingerprint density at radius 2 is 2.33 bits per heavy atom. The molecule has 0 aliphatic carbocycles. The van der Waals surface area contributed by atoms with Crippen LogP contribution in [-0.2, 0) is 4.79 Å². The third-order valence-corrected chi connectivity index (χ3v) is 4.45. The largest absolute Gasteiger partial charge is 0.352 e. The van der Waals surface area contributed by atoms with Crippen molar-refractivity contribution in [1.82, 2.24) is 15.5 Å². The van der Waals surface area contributed by atoms with E-state index in [1.807, 2.05) is 22.7 Å². The van der Waals surface area contributed by atoms with Crippen LogP contribution in [0.5, 0.6) is 0 Å². The van der Waals surface area contributed by atoms with Gasteiger partial charge in [-0.05, 0) is 43.8 Å². The molecule has 116 valence electrons. The zero-order valence-electron chi connectivity index (χ0n) is 12.4. The maximum atomic E-state index is 12.1. The van der Waals surface area contributed by atoms with Gasteiger partial charge in [-0.3, -0.25) is 9.59 Å². The fourth-order valence-corrected chi connectivity index (χ4v) is 3.25. The van der Waals surface area contributed by atoms with Crippen molar-refractivity contribution in [3.05, 3.63) is 22.4 Å². The van der Waals surface area contributed by atoms with Crippen molar-refractivity contribution in [2.45, 2.75) is 19.3 Å². The van der Waals surface area contributed by atoms with Gasteiger partial charge in [-0.25, -0.2) is 0 Å². The van der Waals surface area contributed by atoms with Crippen LogP contribution < -0.4 is 10.6 Å². The lowest BCUT2D eigenvalue weighted by atomic mass is 10.1. The first-order chi connectivity index (χ1) is 10.2. The second-order valence-corrected chi connectivity index (χ2v) is 6.20. The summed E-state index contributed by atoms with van der Waals surface area (Å²) in [5, 5.41) is 9.72. The van der Waals surface area contributed by atoms with Gasteiger partial charge in [-0.1, -0.05) is 0 Å². The molecule has 1 unspecified atom stereocenters. The quantitative estimate of drug-likeness (QED) is 0.747. The van der Waals surface area contributed by atoms with E-state index in [9.17, 15) is 9.59 Å². The summed E-state index contributed by atoms with van der Waals surface area (Å²) in [5.74, 6) is 0.731. The average Bonchev–Trinajstić information content (AvgIpc) is 3.14. The minimum absolute atomic E-state index is 0.0565. The maximum absolute atomic E-state index is 12.1. The number of nitrogens with one attached hydrogen (secondary N) is 2. The highest BCUT2D eigenvalue weighted by atomic mass is 32.1. The van der Waals surface area contributed by atoms with Crippen LogP contribution in [0.1, 0.15) is 29.6 Å². The molecule has 1 fully saturated rings. The number of carbonyl (C=O) groups is 2. The van der Waals surface area contributed by atoms with E-state index < -0.39 is 0 Å². The predicted molar refractivity (Wildman–Crippen MR) is 84.5 cm³/mol. The summed E-state index contributed by atoms with van der Waals surface area (Å²) in [4.78, 5) is 25.7. The van der Waals surface area contributed by atoms with Crippen molar-refractivity contribution in [1.29, 1.82) is 0 Å². The first-order valence-electron chi connectivity index (χ1n) is 7.43. The van der Waals surface area contributed by atoms with Gasteiger partial charge in [-0.15, -0.1) is 0 Å². The van der Waals surface area contributed by atoms with E-state index in [0.717, 1.165) is 26.1 Å². The van der Waals surface area contributed by atoms with Crippen molar-refractivity contribution in [2.75, 3.05) is 33.2 Å². The fourth-order valence-electron chi connectivity index (χ4n) is 2.61. The van der Waals surface area contributed by atoms with Gasteiger partial charge in [0.15, 0.2) is 0 Å². The lowest BCUT2D eigenvalue weighted by Crippen LogP contribution is -2.31. The van der Waals surface area contributed by atoms with E-state index in [2.05, 4.69) is 10.6 Å². The van der Waals surface area contributed by atoms with Gasteiger partial charge in [0.25, 0.3) is 5.91 Å². The number of rotatable bonds is 7. The van der Waals surface area contributed by atoms with Crippen molar-refractivity contribution >= 4 is 23.2 Å². The highest BCUT2D eigenvalue weighted by Crippen LogP contribution is 2.16. The zero-order valence-corrected chi connectivity index (χ0v) is 13.2. The van der Waals surface area contributed by atoms with Crippen LogP contribution in [0.2, 0.25) is 0 Å². The summed E-state index contributed by atoms with van der Waals surface area (Å²) in [6.45, 7) is 3.25.